The maximum atomic E-state index is 11.0. The minimum atomic E-state index is -2.23. The quantitative estimate of drug-likeness (QED) is 0.567. The normalized spacial score (nSPS) is 21.5. The van der Waals surface area contributed by atoms with Crippen LogP contribution in [0.25, 0.3) is 11.0 Å². The van der Waals surface area contributed by atoms with E-state index in [-0.39, 0.29) is 16.5 Å². The van der Waals surface area contributed by atoms with Crippen molar-refractivity contribution >= 4 is 39.6 Å². The maximum absolute atomic E-state index is 11.0. The van der Waals surface area contributed by atoms with Gasteiger partial charge in [0.25, 0.3) is 0 Å². The summed E-state index contributed by atoms with van der Waals surface area (Å²) in [7, 11) is 0. The van der Waals surface area contributed by atoms with E-state index >= 15 is 0 Å². The lowest BCUT2D eigenvalue weighted by Crippen LogP contribution is -2.57. The van der Waals surface area contributed by atoms with Gasteiger partial charge in [-0.3, -0.25) is 4.21 Å². The average Bonchev–Trinajstić information content (AvgIpc) is 3.11. The van der Waals surface area contributed by atoms with Crippen LogP contribution in [-0.2, 0) is 16.6 Å². The van der Waals surface area contributed by atoms with E-state index in [1.54, 1.807) is 24.3 Å². The lowest BCUT2D eigenvalue weighted by molar-refractivity contribution is 0.137. The van der Waals surface area contributed by atoms with Gasteiger partial charge in [-0.05, 0) is 61.2 Å². The molecule has 9 heteroatoms. The summed E-state index contributed by atoms with van der Waals surface area (Å²) < 4.78 is 24.4. The van der Waals surface area contributed by atoms with Crippen LogP contribution in [0.15, 0.2) is 41.4 Å². The minimum Gasteiger partial charge on any atom is -0.768 e. The van der Waals surface area contributed by atoms with E-state index in [0.29, 0.717) is 5.95 Å². The zero-order chi connectivity index (χ0) is 20.0. The maximum Gasteiger partial charge on any atom is 0.229 e. The standard InChI is InChI=1S/C20H24N6O2S/c1-13-20(9-3-2-4-10-20)26-17(25-24-13)11-14-12-21-19(23-18(14)26)22-15-5-7-16(8-6-15)29(27)28/h5-8,11-13,24-25H,2-4,9-10H2,1H3,(H,27,28)(H,21,22,23)/p-1. The first-order chi connectivity index (χ1) is 14.1. The summed E-state index contributed by atoms with van der Waals surface area (Å²) in [5.41, 5.74) is 8.43. The molecule has 29 heavy (non-hydrogen) atoms. The number of rotatable bonds is 3. The molecule has 3 heterocycles. The largest absolute Gasteiger partial charge is 0.768 e. The number of nitrogens with zero attached hydrogens (tertiary/aromatic N) is 3. The Hall–Kier alpha value is -2.49. The molecule has 5 rings (SSSR count). The van der Waals surface area contributed by atoms with Crippen molar-refractivity contribution in [3.63, 3.8) is 0 Å². The minimum absolute atomic E-state index is 0.00600. The van der Waals surface area contributed by atoms with Crippen molar-refractivity contribution in [2.75, 3.05) is 10.7 Å². The van der Waals surface area contributed by atoms with Crippen LogP contribution < -0.4 is 16.2 Å². The van der Waals surface area contributed by atoms with Crippen LogP contribution in [0.5, 0.6) is 0 Å². The fraction of sp³-hybridized carbons (Fsp3) is 0.400. The highest BCUT2D eigenvalue weighted by atomic mass is 32.2. The van der Waals surface area contributed by atoms with Crippen LogP contribution in [0.3, 0.4) is 0 Å². The number of nitrogens with one attached hydrogen (secondary N) is 3. The molecule has 2 aromatic heterocycles. The Balaban J connectivity index is 1.54. The van der Waals surface area contributed by atoms with E-state index in [1.165, 1.54) is 19.3 Å². The van der Waals surface area contributed by atoms with E-state index in [0.717, 1.165) is 35.4 Å². The molecule has 2 aliphatic rings. The van der Waals surface area contributed by atoms with Gasteiger partial charge in [0.2, 0.25) is 5.95 Å². The van der Waals surface area contributed by atoms with Gasteiger partial charge in [0.05, 0.1) is 5.54 Å². The number of aromatic nitrogens is 3. The number of hydrazine groups is 1. The molecule has 1 aliphatic heterocycles. The van der Waals surface area contributed by atoms with Crippen molar-refractivity contribution in [3.8, 4) is 0 Å². The van der Waals surface area contributed by atoms with Gasteiger partial charge in [-0.2, -0.15) is 4.98 Å². The summed E-state index contributed by atoms with van der Waals surface area (Å²) in [5, 5.41) is 4.19. The molecule has 1 aliphatic carbocycles. The van der Waals surface area contributed by atoms with Crippen LogP contribution in [-0.4, -0.2) is 29.3 Å². The molecule has 0 saturated heterocycles. The van der Waals surface area contributed by atoms with Crippen LogP contribution in [0, 0.1) is 0 Å². The van der Waals surface area contributed by atoms with E-state index in [4.69, 9.17) is 4.98 Å². The first-order valence-corrected chi connectivity index (χ1v) is 11.0. The first-order valence-electron chi connectivity index (χ1n) is 9.94. The van der Waals surface area contributed by atoms with Gasteiger partial charge in [-0.15, -0.1) is 0 Å². The topological polar surface area (TPSA) is 107 Å². The summed E-state index contributed by atoms with van der Waals surface area (Å²) >= 11 is -2.23. The fourth-order valence-corrected chi connectivity index (χ4v) is 5.06. The van der Waals surface area contributed by atoms with Crippen molar-refractivity contribution in [1.82, 2.24) is 20.0 Å². The summed E-state index contributed by atoms with van der Waals surface area (Å²) in [6.45, 7) is 2.23. The van der Waals surface area contributed by atoms with Crippen molar-refractivity contribution in [2.45, 2.75) is 55.5 Å². The molecule has 1 aromatic carbocycles. The van der Waals surface area contributed by atoms with E-state index in [9.17, 15) is 8.76 Å². The molecule has 1 saturated carbocycles. The van der Waals surface area contributed by atoms with Gasteiger partial charge in [-0.25, -0.2) is 10.4 Å². The van der Waals surface area contributed by atoms with Crippen molar-refractivity contribution in [3.05, 3.63) is 36.5 Å². The third-order valence-electron chi connectivity index (χ3n) is 6.23. The summed E-state index contributed by atoms with van der Waals surface area (Å²) in [6.07, 6.45) is 7.80. The number of hydrogen-bond donors (Lipinski definition) is 3. The number of benzene rings is 1. The Morgan fingerprint density at radius 3 is 2.72 bits per heavy atom. The van der Waals surface area contributed by atoms with Gasteiger partial charge >= 0.3 is 0 Å². The Kier molecular flexibility index (Phi) is 4.53. The predicted molar refractivity (Wildman–Crippen MR) is 112 cm³/mol. The molecule has 1 fully saturated rings. The van der Waals surface area contributed by atoms with E-state index in [2.05, 4.69) is 38.7 Å². The lowest BCUT2D eigenvalue weighted by Gasteiger charge is -2.48. The number of fused-ring (bicyclic) bond motifs is 4. The second-order valence-corrected chi connectivity index (χ2v) is 8.82. The van der Waals surface area contributed by atoms with E-state index < -0.39 is 11.1 Å². The molecule has 8 nitrogen and oxygen atoms in total. The van der Waals surface area contributed by atoms with Gasteiger partial charge < -0.3 is 19.9 Å². The molecule has 0 radical (unpaired) electrons. The molecule has 0 bridgehead atoms. The summed E-state index contributed by atoms with van der Waals surface area (Å²) in [4.78, 5) is 9.54. The van der Waals surface area contributed by atoms with Crippen molar-refractivity contribution in [2.24, 2.45) is 0 Å². The molecule has 3 N–H and O–H groups in total. The van der Waals surface area contributed by atoms with Crippen LogP contribution >= 0.6 is 0 Å². The van der Waals surface area contributed by atoms with Crippen LogP contribution in [0.2, 0.25) is 0 Å². The molecular formula is C20H23N6O2S-. The van der Waals surface area contributed by atoms with Crippen molar-refractivity contribution in [1.29, 1.82) is 0 Å². The molecular weight excluding hydrogens is 388 g/mol. The van der Waals surface area contributed by atoms with Gasteiger partial charge in [0.1, 0.15) is 11.5 Å². The average molecular weight is 412 g/mol. The Labute approximate surface area is 171 Å². The van der Waals surface area contributed by atoms with E-state index in [1.807, 2.05) is 6.20 Å². The highest BCUT2D eigenvalue weighted by Gasteiger charge is 2.44. The first kappa shape index (κ1) is 18.5. The molecule has 3 aromatic rings. The third-order valence-corrected chi connectivity index (χ3v) is 6.89. The predicted octanol–water partition coefficient (Wildman–Crippen LogP) is 3.39. The second kappa shape index (κ2) is 7.08. The molecule has 1 spiro atoms. The zero-order valence-electron chi connectivity index (χ0n) is 16.1. The highest BCUT2D eigenvalue weighted by molar-refractivity contribution is 7.79. The lowest BCUT2D eigenvalue weighted by atomic mass is 9.76. The van der Waals surface area contributed by atoms with Gasteiger partial charge in [-0.1, -0.05) is 19.3 Å². The molecule has 152 valence electrons. The Morgan fingerprint density at radius 2 is 2.00 bits per heavy atom. The highest BCUT2D eigenvalue weighted by Crippen LogP contribution is 2.44. The Morgan fingerprint density at radius 1 is 1.24 bits per heavy atom. The SMILES string of the molecule is CC1NNc2cc3cnc(Nc4ccc(S(=O)[O-])cc4)nc3n2C12CCCCC2. The molecule has 2 atom stereocenters. The molecule has 2 unspecified atom stereocenters. The monoisotopic (exact) mass is 411 g/mol. The smallest absolute Gasteiger partial charge is 0.229 e. The van der Waals surface area contributed by atoms with Crippen LogP contribution in [0.1, 0.15) is 39.0 Å². The summed E-state index contributed by atoms with van der Waals surface area (Å²) in [5.74, 6) is 1.51. The van der Waals surface area contributed by atoms with Gasteiger partial charge in [0, 0.05) is 28.2 Å². The number of hydrogen-bond acceptors (Lipinski definition) is 7. The van der Waals surface area contributed by atoms with Crippen molar-refractivity contribution < 1.29 is 8.76 Å². The fourth-order valence-electron chi connectivity index (χ4n) is 4.70. The number of anilines is 3. The second-order valence-electron chi connectivity index (χ2n) is 7.88. The third kappa shape index (κ3) is 3.09. The molecule has 0 amide bonds. The zero-order valence-corrected chi connectivity index (χ0v) is 17.0. The van der Waals surface area contributed by atoms with Crippen LogP contribution in [0.4, 0.5) is 17.5 Å². The van der Waals surface area contributed by atoms with Gasteiger partial charge in [0.15, 0.2) is 0 Å². The Bertz CT molecular complexity index is 1070. The summed E-state index contributed by atoms with van der Waals surface area (Å²) in [6, 6.07) is 8.91.